The lowest BCUT2D eigenvalue weighted by Crippen LogP contribution is -2.09. The number of hydrogen-bond acceptors (Lipinski definition) is 7. The van der Waals surface area contributed by atoms with Crippen LogP contribution >= 0.6 is 11.6 Å². The van der Waals surface area contributed by atoms with Crippen LogP contribution in [0.5, 0.6) is 5.75 Å². The Kier molecular flexibility index (Phi) is 5.60. The molecule has 144 valence electrons. The number of nitrogens with one attached hydrogen (secondary N) is 1. The third-order valence-corrected chi connectivity index (χ3v) is 4.21. The average molecular weight is 402 g/mol. The first-order valence-electron chi connectivity index (χ1n) is 8.29. The fourth-order valence-corrected chi connectivity index (χ4v) is 2.88. The molecule has 0 aliphatic carbocycles. The average Bonchev–Trinajstić information content (AvgIpc) is 2.68. The number of ether oxygens (including phenoxy) is 2. The van der Waals surface area contributed by atoms with Gasteiger partial charge in [0.25, 0.3) is 5.69 Å². The summed E-state index contributed by atoms with van der Waals surface area (Å²) in [5.74, 6) is -0.212. The SMILES string of the molecule is CCOC(=O)c1cnc2ccc(Cl)cc2c1Nc1cc([N+](=O)[O-])ccc1OC. The van der Waals surface area contributed by atoms with E-state index >= 15 is 0 Å². The Labute approximate surface area is 165 Å². The Morgan fingerprint density at radius 1 is 1.29 bits per heavy atom. The summed E-state index contributed by atoms with van der Waals surface area (Å²) in [4.78, 5) is 27.4. The van der Waals surface area contributed by atoms with Gasteiger partial charge < -0.3 is 14.8 Å². The highest BCUT2D eigenvalue weighted by atomic mass is 35.5. The second-order valence-electron chi connectivity index (χ2n) is 5.70. The van der Waals surface area contributed by atoms with Crippen molar-refractivity contribution >= 4 is 45.5 Å². The van der Waals surface area contributed by atoms with Crippen LogP contribution in [-0.4, -0.2) is 29.6 Å². The van der Waals surface area contributed by atoms with Crippen molar-refractivity contribution in [2.75, 3.05) is 19.0 Å². The van der Waals surface area contributed by atoms with Gasteiger partial charge in [-0.1, -0.05) is 11.6 Å². The molecule has 0 spiro atoms. The number of halogens is 1. The molecule has 0 amide bonds. The maximum absolute atomic E-state index is 12.4. The van der Waals surface area contributed by atoms with E-state index in [2.05, 4.69) is 10.3 Å². The van der Waals surface area contributed by atoms with Crippen molar-refractivity contribution in [3.63, 3.8) is 0 Å². The van der Waals surface area contributed by atoms with Gasteiger partial charge in [0.2, 0.25) is 0 Å². The number of non-ortho nitro benzene ring substituents is 1. The van der Waals surface area contributed by atoms with E-state index in [1.165, 1.54) is 31.5 Å². The molecule has 8 nitrogen and oxygen atoms in total. The number of esters is 1. The first kappa shape index (κ1) is 19.4. The number of anilines is 2. The third-order valence-electron chi connectivity index (χ3n) is 3.98. The molecule has 3 aromatic rings. The van der Waals surface area contributed by atoms with Crippen LogP contribution in [0.1, 0.15) is 17.3 Å². The van der Waals surface area contributed by atoms with Crippen molar-refractivity contribution in [2.24, 2.45) is 0 Å². The topological polar surface area (TPSA) is 104 Å². The lowest BCUT2D eigenvalue weighted by molar-refractivity contribution is -0.384. The number of aromatic nitrogens is 1. The van der Waals surface area contributed by atoms with Crippen LogP contribution < -0.4 is 10.1 Å². The molecule has 1 aromatic heterocycles. The van der Waals surface area contributed by atoms with Crippen LogP contribution in [0.3, 0.4) is 0 Å². The summed E-state index contributed by atoms with van der Waals surface area (Å²) in [6.45, 7) is 1.88. The zero-order chi connectivity index (χ0) is 20.3. The number of rotatable bonds is 6. The normalized spacial score (nSPS) is 10.5. The van der Waals surface area contributed by atoms with E-state index in [0.29, 0.717) is 33.0 Å². The summed E-state index contributed by atoms with van der Waals surface area (Å²) in [6.07, 6.45) is 1.39. The van der Waals surface area contributed by atoms with Gasteiger partial charge in [0.15, 0.2) is 0 Å². The number of methoxy groups -OCH3 is 1. The maximum Gasteiger partial charge on any atom is 0.341 e. The molecule has 0 saturated carbocycles. The predicted molar refractivity (Wildman–Crippen MR) is 106 cm³/mol. The Balaban J connectivity index is 2.22. The lowest BCUT2D eigenvalue weighted by Gasteiger charge is -2.16. The number of nitrogens with zero attached hydrogens (tertiary/aromatic N) is 2. The van der Waals surface area contributed by atoms with Gasteiger partial charge in [-0.3, -0.25) is 15.1 Å². The van der Waals surface area contributed by atoms with Crippen LogP contribution in [-0.2, 0) is 4.74 Å². The monoisotopic (exact) mass is 401 g/mol. The highest BCUT2D eigenvalue weighted by molar-refractivity contribution is 6.31. The van der Waals surface area contributed by atoms with Crippen molar-refractivity contribution < 1.29 is 19.2 Å². The first-order valence-corrected chi connectivity index (χ1v) is 8.67. The van der Waals surface area contributed by atoms with E-state index < -0.39 is 10.9 Å². The molecule has 1 heterocycles. The molecule has 0 radical (unpaired) electrons. The molecule has 9 heteroatoms. The molecule has 0 saturated heterocycles. The van der Waals surface area contributed by atoms with Gasteiger partial charge in [0, 0.05) is 28.7 Å². The molecule has 0 fully saturated rings. The molecule has 0 atom stereocenters. The van der Waals surface area contributed by atoms with Gasteiger partial charge in [-0.15, -0.1) is 0 Å². The van der Waals surface area contributed by atoms with Gasteiger partial charge in [-0.25, -0.2) is 4.79 Å². The second kappa shape index (κ2) is 8.10. The number of fused-ring (bicyclic) bond motifs is 1. The molecule has 3 rings (SSSR count). The number of hydrogen-bond donors (Lipinski definition) is 1. The standard InChI is InChI=1S/C19H16ClN3O5/c1-3-28-19(24)14-10-21-15-6-4-11(20)8-13(15)18(14)22-16-9-12(23(25)26)5-7-17(16)27-2/h4-10H,3H2,1-2H3,(H,21,22). The minimum atomic E-state index is -0.580. The number of nitro benzene ring substituents is 1. The minimum Gasteiger partial charge on any atom is -0.495 e. The van der Waals surface area contributed by atoms with Gasteiger partial charge in [0.1, 0.15) is 11.3 Å². The molecule has 0 unspecified atom stereocenters. The predicted octanol–water partition coefficient (Wildman–Crippen LogP) is 4.73. The number of carbonyl (C=O) groups excluding carboxylic acids is 1. The van der Waals surface area contributed by atoms with E-state index in [-0.39, 0.29) is 17.9 Å². The van der Waals surface area contributed by atoms with Crippen LogP contribution in [0.15, 0.2) is 42.6 Å². The second-order valence-corrected chi connectivity index (χ2v) is 6.13. The van der Waals surface area contributed by atoms with Crippen molar-refractivity contribution in [2.45, 2.75) is 6.92 Å². The van der Waals surface area contributed by atoms with Crippen LogP contribution in [0.25, 0.3) is 10.9 Å². The zero-order valence-electron chi connectivity index (χ0n) is 15.1. The van der Waals surface area contributed by atoms with Gasteiger partial charge in [-0.2, -0.15) is 0 Å². The number of benzene rings is 2. The van der Waals surface area contributed by atoms with E-state index in [0.717, 1.165) is 0 Å². The maximum atomic E-state index is 12.4. The molecule has 2 aromatic carbocycles. The number of nitro groups is 1. The van der Waals surface area contributed by atoms with Crippen molar-refractivity contribution in [3.05, 3.63) is 63.3 Å². The molecule has 1 N–H and O–H groups in total. The van der Waals surface area contributed by atoms with Crippen molar-refractivity contribution in [1.82, 2.24) is 4.98 Å². The molecular formula is C19H16ClN3O5. The Morgan fingerprint density at radius 3 is 2.75 bits per heavy atom. The zero-order valence-corrected chi connectivity index (χ0v) is 15.8. The fourth-order valence-electron chi connectivity index (χ4n) is 2.70. The van der Waals surface area contributed by atoms with Crippen molar-refractivity contribution in [3.8, 4) is 5.75 Å². The fraction of sp³-hybridized carbons (Fsp3) is 0.158. The molecule has 0 bridgehead atoms. The Morgan fingerprint density at radius 2 is 2.07 bits per heavy atom. The lowest BCUT2D eigenvalue weighted by atomic mass is 10.1. The van der Waals surface area contributed by atoms with E-state index in [9.17, 15) is 14.9 Å². The summed E-state index contributed by atoms with van der Waals surface area (Å²) >= 11 is 6.13. The van der Waals surface area contributed by atoms with E-state index in [1.807, 2.05) is 0 Å². The molecular weight excluding hydrogens is 386 g/mol. The summed E-state index contributed by atoms with van der Waals surface area (Å²) in [6, 6.07) is 9.17. The number of pyridine rings is 1. The summed E-state index contributed by atoms with van der Waals surface area (Å²) in [5, 5.41) is 15.2. The van der Waals surface area contributed by atoms with Crippen LogP contribution in [0.4, 0.5) is 17.1 Å². The summed E-state index contributed by atoms with van der Waals surface area (Å²) in [5.41, 5.74) is 1.31. The highest BCUT2D eigenvalue weighted by Gasteiger charge is 2.20. The minimum absolute atomic E-state index is 0.127. The molecule has 28 heavy (non-hydrogen) atoms. The first-order chi connectivity index (χ1) is 13.4. The molecule has 0 aliphatic rings. The van der Waals surface area contributed by atoms with Crippen molar-refractivity contribution in [1.29, 1.82) is 0 Å². The van der Waals surface area contributed by atoms with Gasteiger partial charge >= 0.3 is 5.97 Å². The highest BCUT2D eigenvalue weighted by Crippen LogP contribution is 2.36. The van der Waals surface area contributed by atoms with E-state index in [4.69, 9.17) is 21.1 Å². The largest absolute Gasteiger partial charge is 0.495 e. The van der Waals surface area contributed by atoms with Gasteiger partial charge in [-0.05, 0) is 31.2 Å². The molecule has 0 aliphatic heterocycles. The Bertz CT molecular complexity index is 1070. The third kappa shape index (κ3) is 3.81. The van der Waals surface area contributed by atoms with Gasteiger partial charge in [0.05, 0.1) is 35.5 Å². The summed E-state index contributed by atoms with van der Waals surface area (Å²) < 4.78 is 10.4. The van der Waals surface area contributed by atoms with E-state index in [1.54, 1.807) is 25.1 Å². The summed E-state index contributed by atoms with van der Waals surface area (Å²) in [7, 11) is 1.44. The smallest absolute Gasteiger partial charge is 0.341 e. The number of carbonyl (C=O) groups is 1. The Hall–Kier alpha value is -3.39. The quantitative estimate of drug-likeness (QED) is 0.362. The van der Waals surface area contributed by atoms with Crippen LogP contribution in [0, 0.1) is 10.1 Å². The van der Waals surface area contributed by atoms with Crippen LogP contribution in [0.2, 0.25) is 5.02 Å².